The van der Waals surface area contributed by atoms with Gasteiger partial charge in [-0.05, 0) is 48.2 Å². The summed E-state index contributed by atoms with van der Waals surface area (Å²) in [7, 11) is 3.87. The number of carbonyl (C=O) groups excluding carboxylic acids is 1. The van der Waals surface area contributed by atoms with Crippen molar-refractivity contribution in [2.24, 2.45) is 0 Å². The molecule has 0 spiro atoms. The first-order valence-electron chi connectivity index (χ1n) is 11.0. The number of carbonyl (C=O) groups is 1. The molecule has 4 aromatic heterocycles. The van der Waals surface area contributed by atoms with Gasteiger partial charge < -0.3 is 14.2 Å². The van der Waals surface area contributed by atoms with Gasteiger partial charge in [0, 0.05) is 29.9 Å². The summed E-state index contributed by atoms with van der Waals surface area (Å²) in [6.45, 7) is 3.31. The number of benzene rings is 1. The minimum Gasteiger partial charge on any atom is -0.467 e. The van der Waals surface area contributed by atoms with E-state index in [0.717, 1.165) is 35.9 Å². The van der Waals surface area contributed by atoms with Gasteiger partial charge in [-0.25, -0.2) is 4.98 Å². The number of hydrogen-bond donors (Lipinski definition) is 0. The number of fused-ring (bicyclic) bond motifs is 2. The summed E-state index contributed by atoms with van der Waals surface area (Å²) >= 11 is 1.81. The van der Waals surface area contributed by atoms with Crippen molar-refractivity contribution >= 4 is 38.8 Å². The fourth-order valence-electron chi connectivity index (χ4n) is 4.20. The summed E-state index contributed by atoms with van der Waals surface area (Å²) < 4.78 is 8.73. The van der Waals surface area contributed by atoms with Crippen molar-refractivity contribution < 1.29 is 9.21 Å². The number of thiophene rings is 1. The molecule has 33 heavy (non-hydrogen) atoms. The second-order valence-corrected chi connectivity index (χ2v) is 9.40. The van der Waals surface area contributed by atoms with Crippen LogP contribution in [0.1, 0.15) is 33.6 Å². The molecule has 0 fully saturated rings. The minimum absolute atomic E-state index is 0.0573. The first-order valence-corrected chi connectivity index (χ1v) is 11.8. The standard InChI is InChI=1S/C26H26N4O2S/c1-4-22-25(28(2)17-21-14-18-8-5-6-10-23(18)33-21)30-15-19(11-12-24(30)27-22)26(31)29(3)16-20-9-7-13-32-20/h5-15H,4,16-17H2,1-3H3. The molecule has 0 aliphatic rings. The number of furan rings is 1. The van der Waals surface area contributed by atoms with Crippen molar-refractivity contribution in [2.75, 3.05) is 19.0 Å². The second-order valence-electron chi connectivity index (χ2n) is 8.23. The SMILES string of the molecule is CCc1nc2ccc(C(=O)N(C)Cc3ccco3)cn2c1N(C)Cc1cc2ccccc2s1. The van der Waals surface area contributed by atoms with E-state index in [-0.39, 0.29) is 5.91 Å². The highest BCUT2D eigenvalue weighted by Gasteiger charge is 2.19. The van der Waals surface area contributed by atoms with Crippen molar-refractivity contribution in [3.63, 3.8) is 0 Å². The third-order valence-electron chi connectivity index (χ3n) is 5.80. The maximum absolute atomic E-state index is 13.1. The van der Waals surface area contributed by atoms with Crippen LogP contribution in [-0.4, -0.2) is 34.3 Å². The summed E-state index contributed by atoms with van der Waals surface area (Å²) in [5.74, 6) is 1.72. The molecule has 0 radical (unpaired) electrons. The summed E-state index contributed by atoms with van der Waals surface area (Å²) in [4.78, 5) is 23.1. The Labute approximate surface area is 196 Å². The molecule has 4 heterocycles. The Morgan fingerprint density at radius 2 is 1.94 bits per heavy atom. The lowest BCUT2D eigenvalue weighted by atomic mass is 10.2. The first-order chi connectivity index (χ1) is 16.0. The number of hydrogen-bond acceptors (Lipinski definition) is 5. The largest absolute Gasteiger partial charge is 0.467 e. The quantitative estimate of drug-likeness (QED) is 0.318. The number of imidazole rings is 1. The van der Waals surface area contributed by atoms with Crippen LogP contribution in [0.5, 0.6) is 0 Å². The van der Waals surface area contributed by atoms with Gasteiger partial charge >= 0.3 is 0 Å². The topological polar surface area (TPSA) is 54.0 Å². The highest BCUT2D eigenvalue weighted by atomic mass is 32.1. The van der Waals surface area contributed by atoms with Crippen molar-refractivity contribution in [3.8, 4) is 0 Å². The van der Waals surface area contributed by atoms with Crippen LogP contribution < -0.4 is 4.90 Å². The normalized spacial score (nSPS) is 11.4. The van der Waals surface area contributed by atoms with Crippen LogP contribution >= 0.6 is 11.3 Å². The molecule has 7 heteroatoms. The van der Waals surface area contributed by atoms with Crippen LogP contribution in [0.3, 0.4) is 0 Å². The van der Waals surface area contributed by atoms with Crippen LogP contribution in [0.4, 0.5) is 5.82 Å². The molecule has 168 valence electrons. The van der Waals surface area contributed by atoms with Gasteiger partial charge in [-0.15, -0.1) is 11.3 Å². The van der Waals surface area contributed by atoms with Gasteiger partial charge in [0.25, 0.3) is 5.91 Å². The summed E-state index contributed by atoms with van der Waals surface area (Å²) in [5, 5.41) is 1.27. The lowest BCUT2D eigenvalue weighted by Crippen LogP contribution is -2.26. The summed E-state index contributed by atoms with van der Waals surface area (Å²) in [6, 6.07) is 18.2. The first kappa shape index (κ1) is 21.3. The molecule has 0 saturated carbocycles. The lowest BCUT2D eigenvalue weighted by molar-refractivity contribution is 0.0775. The molecule has 1 amide bonds. The van der Waals surface area contributed by atoms with E-state index in [1.807, 2.05) is 46.2 Å². The van der Waals surface area contributed by atoms with Gasteiger partial charge in [0.1, 0.15) is 17.2 Å². The number of nitrogens with zero attached hydrogens (tertiary/aromatic N) is 4. The number of rotatable bonds is 7. The molecule has 0 atom stereocenters. The van der Waals surface area contributed by atoms with Gasteiger partial charge in [-0.1, -0.05) is 25.1 Å². The Kier molecular flexibility index (Phi) is 5.64. The van der Waals surface area contributed by atoms with Crippen molar-refractivity contribution in [1.29, 1.82) is 0 Å². The number of amides is 1. The number of anilines is 1. The molecular weight excluding hydrogens is 432 g/mol. The molecule has 0 aliphatic heterocycles. The van der Waals surface area contributed by atoms with Crippen LogP contribution in [0.25, 0.3) is 15.7 Å². The predicted octanol–water partition coefficient (Wildman–Crippen LogP) is 5.61. The molecule has 5 aromatic rings. The van der Waals surface area contributed by atoms with E-state index in [0.29, 0.717) is 12.1 Å². The monoisotopic (exact) mass is 458 g/mol. The third kappa shape index (κ3) is 4.12. The zero-order chi connectivity index (χ0) is 22.9. The third-order valence-corrected chi connectivity index (χ3v) is 6.90. The molecule has 1 aromatic carbocycles. The molecule has 0 N–H and O–H groups in total. The van der Waals surface area contributed by atoms with E-state index < -0.39 is 0 Å². The lowest BCUT2D eigenvalue weighted by Gasteiger charge is -2.20. The zero-order valence-electron chi connectivity index (χ0n) is 19.0. The van der Waals surface area contributed by atoms with E-state index in [2.05, 4.69) is 49.2 Å². The molecule has 0 saturated heterocycles. The smallest absolute Gasteiger partial charge is 0.255 e. The van der Waals surface area contributed by atoms with Crippen molar-refractivity contribution in [3.05, 3.63) is 89.0 Å². The Hall–Kier alpha value is -3.58. The second kappa shape index (κ2) is 8.75. The predicted molar refractivity (Wildman–Crippen MR) is 133 cm³/mol. The van der Waals surface area contributed by atoms with E-state index in [1.54, 1.807) is 18.2 Å². The number of pyridine rings is 1. The van der Waals surface area contributed by atoms with Gasteiger partial charge in [0.15, 0.2) is 0 Å². The highest BCUT2D eigenvalue weighted by molar-refractivity contribution is 7.19. The Bertz CT molecular complexity index is 1380. The maximum Gasteiger partial charge on any atom is 0.255 e. The summed E-state index contributed by atoms with van der Waals surface area (Å²) in [5.41, 5.74) is 2.48. The van der Waals surface area contributed by atoms with Crippen LogP contribution in [-0.2, 0) is 19.5 Å². The Morgan fingerprint density at radius 1 is 1.09 bits per heavy atom. The van der Waals surface area contributed by atoms with Crippen molar-refractivity contribution in [2.45, 2.75) is 26.4 Å². The van der Waals surface area contributed by atoms with E-state index in [4.69, 9.17) is 9.40 Å². The molecule has 5 rings (SSSR count). The average molecular weight is 459 g/mol. The molecule has 0 unspecified atom stereocenters. The number of aryl methyl sites for hydroxylation is 1. The highest BCUT2D eigenvalue weighted by Crippen LogP contribution is 2.29. The van der Waals surface area contributed by atoms with Crippen LogP contribution in [0, 0.1) is 0 Å². The van der Waals surface area contributed by atoms with E-state index >= 15 is 0 Å². The Balaban J connectivity index is 1.46. The van der Waals surface area contributed by atoms with E-state index in [1.165, 1.54) is 15.0 Å². The maximum atomic E-state index is 13.1. The fraction of sp³-hybridized carbons (Fsp3) is 0.231. The van der Waals surface area contributed by atoms with Gasteiger partial charge in [-0.2, -0.15) is 0 Å². The van der Waals surface area contributed by atoms with Gasteiger partial charge in [0.05, 0.1) is 30.6 Å². The van der Waals surface area contributed by atoms with Crippen LogP contribution in [0.15, 0.2) is 71.5 Å². The zero-order valence-corrected chi connectivity index (χ0v) is 19.8. The Morgan fingerprint density at radius 3 is 2.70 bits per heavy atom. The van der Waals surface area contributed by atoms with Gasteiger partial charge in [0.2, 0.25) is 0 Å². The molecular formula is C26H26N4O2S. The minimum atomic E-state index is -0.0573. The summed E-state index contributed by atoms with van der Waals surface area (Å²) in [6.07, 6.45) is 4.34. The average Bonchev–Trinajstić information content (AvgIpc) is 3.55. The molecule has 6 nitrogen and oxygen atoms in total. The number of aromatic nitrogens is 2. The molecule has 0 bridgehead atoms. The van der Waals surface area contributed by atoms with Crippen molar-refractivity contribution in [1.82, 2.24) is 14.3 Å². The fourth-order valence-corrected chi connectivity index (χ4v) is 5.32. The molecule has 0 aliphatic carbocycles. The van der Waals surface area contributed by atoms with Gasteiger partial charge in [-0.3, -0.25) is 9.20 Å². The van der Waals surface area contributed by atoms with E-state index in [9.17, 15) is 4.79 Å². The van der Waals surface area contributed by atoms with Crippen LogP contribution in [0.2, 0.25) is 0 Å².